The van der Waals surface area contributed by atoms with Crippen molar-refractivity contribution in [3.63, 3.8) is 0 Å². The van der Waals surface area contributed by atoms with Crippen LogP contribution in [-0.4, -0.2) is 16.9 Å². The Hall–Kier alpha value is -0.400. The van der Waals surface area contributed by atoms with E-state index in [1.165, 1.54) is 0 Å². The van der Waals surface area contributed by atoms with Gasteiger partial charge in [0.2, 0.25) is 0 Å². The van der Waals surface area contributed by atoms with Crippen LogP contribution in [0.5, 0.6) is 0 Å². The first kappa shape index (κ1) is 13.7. The number of halogens is 2. The first-order valence-electron chi connectivity index (χ1n) is 4.47. The number of carbonyl (C=O) groups excluding carboxylic acids is 1. The fourth-order valence-electron chi connectivity index (χ4n) is 0.988. The first-order valence-corrected chi connectivity index (χ1v) is 6.33. The summed E-state index contributed by atoms with van der Waals surface area (Å²) in [4.78, 5) is 12.0. The number of hydrogen-bond acceptors (Lipinski definition) is 2. The molecule has 0 radical (unpaired) electrons. The minimum atomic E-state index is -0.333. The maximum atomic E-state index is 11.7. The molecule has 6 heteroatoms. The summed E-state index contributed by atoms with van der Waals surface area (Å²) in [6.45, 7) is 1.73. The largest absolute Gasteiger partial charge is 0.392 e. The Balaban J connectivity index is 2.81. The zero-order valence-electron chi connectivity index (χ0n) is 8.46. The van der Waals surface area contributed by atoms with Gasteiger partial charge in [0.15, 0.2) is 0 Å². The molecule has 1 atom stereocenters. The van der Waals surface area contributed by atoms with Crippen molar-refractivity contribution in [1.82, 2.24) is 5.32 Å². The van der Waals surface area contributed by atoms with Gasteiger partial charge in [-0.15, -0.1) is 0 Å². The van der Waals surface area contributed by atoms with Gasteiger partial charge >= 0.3 is 0 Å². The average Bonchev–Trinajstić information content (AvgIpc) is 2.21. The molecule has 86 valence electrons. The lowest BCUT2D eigenvalue weighted by atomic mass is 10.2. The van der Waals surface area contributed by atoms with Crippen molar-refractivity contribution < 1.29 is 4.79 Å². The molecule has 0 aromatic heterocycles. The number of thiocarbonyl (C=S) groups is 1. The minimum absolute atomic E-state index is 0.237. The number of benzene rings is 1. The molecule has 3 nitrogen and oxygen atoms in total. The Morgan fingerprint density at radius 2 is 2.25 bits per heavy atom. The van der Waals surface area contributed by atoms with Crippen LogP contribution in [-0.2, 0) is 0 Å². The maximum absolute atomic E-state index is 11.7. The standard InChI is InChI=1S/C10H10ClIN2OS/c1-5(9(13)16)14-10(15)6-2-3-8(12)7(11)4-6/h2-5H,1H3,(H2,13,16)(H,14,15). The Morgan fingerprint density at radius 1 is 1.62 bits per heavy atom. The lowest BCUT2D eigenvalue weighted by Crippen LogP contribution is -2.41. The lowest BCUT2D eigenvalue weighted by molar-refractivity contribution is 0.0949. The summed E-state index contributed by atoms with van der Waals surface area (Å²) in [5.74, 6) is -0.237. The van der Waals surface area contributed by atoms with Crippen LogP contribution in [0.15, 0.2) is 18.2 Å². The molecule has 1 aromatic carbocycles. The Bertz CT molecular complexity index is 439. The molecule has 3 N–H and O–H groups in total. The molecule has 0 saturated heterocycles. The topological polar surface area (TPSA) is 55.1 Å². The molecule has 16 heavy (non-hydrogen) atoms. The van der Waals surface area contributed by atoms with Crippen LogP contribution in [0.2, 0.25) is 5.02 Å². The number of hydrogen-bond donors (Lipinski definition) is 2. The van der Waals surface area contributed by atoms with Gasteiger partial charge in [0, 0.05) is 9.13 Å². The molecule has 1 rings (SSSR count). The van der Waals surface area contributed by atoms with Crippen molar-refractivity contribution in [3.05, 3.63) is 32.4 Å². The second-order valence-corrected chi connectivity index (χ2v) is 5.27. The number of carbonyl (C=O) groups is 1. The van der Waals surface area contributed by atoms with Crippen LogP contribution in [0, 0.1) is 3.57 Å². The molecule has 0 heterocycles. The first-order chi connectivity index (χ1) is 7.41. The molecule has 1 unspecified atom stereocenters. The van der Waals surface area contributed by atoms with E-state index in [4.69, 9.17) is 29.6 Å². The number of nitrogens with two attached hydrogens (primary N) is 1. The summed E-state index contributed by atoms with van der Waals surface area (Å²) in [6, 6.07) is 4.77. The van der Waals surface area contributed by atoms with E-state index >= 15 is 0 Å². The SMILES string of the molecule is CC(NC(=O)c1ccc(I)c(Cl)c1)C(N)=S. The van der Waals surface area contributed by atoms with Gasteiger partial charge in [-0.05, 0) is 47.7 Å². The average molecular weight is 369 g/mol. The fraction of sp³-hybridized carbons (Fsp3) is 0.200. The molecule has 0 bridgehead atoms. The van der Waals surface area contributed by atoms with Gasteiger partial charge in [-0.3, -0.25) is 4.79 Å². The van der Waals surface area contributed by atoms with Crippen molar-refractivity contribution in [2.24, 2.45) is 5.73 Å². The Labute approximate surface area is 118 Å². The zero-order valence-corrected chi connectivity index (χ0v) is 12.2. The number of amides is 1. The highest BCUT2D eigenvalue weighted by atomic mass is 127. The summed E-state index contributed by atoms with van der Waals surface area (Å²) < 4.78 is 0.901. The van der Waals surface area contributed by atoms with Gasteiger partial charge in [-0.2, -0.15) is 0 Å². The third-order valence-electron chi connectivity index (χ3n) is 1.96. The van der Waals surface area contributed by atoms with E-state index in [2.05, 4.69) is 27.9 Å². The van der Waals surface area contributed by atoms with Crippen LogP contribution in [0.3, 0.4) is 0 Å². The van der Waals surface area contributed by atoms with E-state index in [9.17, 15) is 4.79 Å². The van der Waals surface area contributed by atoms with Gasteiger partial charge in [0.25, 0.3) is 5.91 Å². The molecule has 0 aliphatic rings. The van der Waals surface area contributed by atoms with Crippen molar-refractivity contribution in [2.75, 3.05) is 0 Å². The van der Waals surface area contributed by atoms with E-state index in [0.29, 0.717) is 10.6 Å². The van der Waals surface area contributed by atoms with Crippen LogP contribution < -0.4 is 11.1 Å². The quantitative estimate of drug-likeness (QED) is 0.636. The van der Waals surface area contributed by atoms with Crippen molar-refractivity contribution in [1.29, 1.82) is 0 Å². The molecule has 0 aliphatic heterocycles. The lowest BCUT2D eigenvalue weighted by Gasteiger charge is -2.12. The highest BCUT2D eigenvalue weighted by Crippen LogP contribution is 2.19. The molecule has 1 amide bonds. The van der Waals surface area contributed by atoms with Gasteiger partial charge in [-0.25, -0.2) is 0 Å². The predicted octanol–water partition coefficient (Wildman–Crippen LogP) is 2.35. The summed E-state index contributed by atoms with van der Waals surface area (Å²) in [5, 5.41) is 3.23. The summed E-state index contributed by atoms with van der Waals surface area (Å²) in [6.07, 6.45) is 0. The van der Waals surface area contributed by atoms with Crippen molar-refractivity contribution >= 4 is 57.3 Å². The van der Waals surface area contributed by atoms with Crippen molar-refractivity contribution in [2.45, 2.75) is 13.0 Å². The van der Waals surface area contributed by atoms with E-state index in [-0.39, 0.29) is 16.9 Å². The van der Waals surface area contributed by atoms with E-state index in [0.717, 1.165) is 3.57 Å². The van der Waals surface area contributed by atoms with Crippen LogP contribution in [0.25, 0.3) is 0 Å². The summed E-state index contributed by atoms with van der Waals surface area (Å²) >= 11 is 12.8. The monoisotopic (exact) mass is 368 g/mol. The molecule has 0 spiro atoms. The molecular formula is C10H10ClIN2OS. The summed E-state index contributed by atoms with van der Waals surface area (Å²) in [7, 11) is 0. The second-order valence-electron chi connectivity index (χ2n) is 3.23. The van der Waals surface area contributed by atoms with Crippen molar-refractivity contribution in [3.8, 4) is 0 Å². The molecule has 0 aliphatic carbocycles. The maximum Gasteiger partial charge on any atom is 0.251 e. The molecule has 1 aromatic rings. The van der Waals surface area contributed by atoms with Gasteiger partial charge in [0.05, 0.1) is 16.1 Å². The predicted molar refractivity (Wildman–Crippen MR) is 77.9 cm³/mol. The number of rotatable bonds is 3. The van der Waals surface area contributed by atoms with E-state index < -0.39 is 0 Å². The summed E-state index contributed by atoms with van der Waals surface area (Å²) in [5.41, 5.74) is 5.90. The second kappa shape index (κ2) is 5.79. The van der Waals surface area contributed by atoms with Crippen LogP contribution in [0.4, 0.5) is 0 Å². The zero-order chi connectivity index (χ0) is 12.3. The highest BCUT2D eigenvalue weighted by Gasteiger charge is 2.12. The Kier molecular flexibility index (Phi) is 4.94. The molecule has 0 saturated carbocycles. The third-order valence-corrected chi connectivity index (χ3v) is 3.88. The smallest absolute Gasteiger partial charge is 0.251 e. The Morgan fingerprint density at radius 3 is 2.75 bits per heavy atom. The third kappa shape index (κ3) is 3.57. The molecular weight excluding hydrogens is 359 g/mol. The number of nitrogens with one attached hydrogen (secondary N) is 1. The van der Waals surface area contributed by atoms with E-state index in [1.54, 1.807) is 25.1 Å². The van der Waals surface area contributed by atoms with E-state index in [1.807, 2.05) is 0 Å². The van der Waals surface area contributed by atoms with Crippen LogP contribution in [0.1, 0.15) is 17.3 Å². The van der Waals surface area contributed by atoms with Crippen LogP contribution >= 0.6 is 46.4 Å². The van der Waals surface area contributed by atoms with Gasteiger partial charge in [-0.1, -0.05) is 23.8 Å². The van der Waals surface area contributed by atoms with Gasteiger partial charge < -0.3 is 11.1 Å². The normalized spacial score (nSPS) is 11.9. The van der Waals surface area contributed by atoms with Gasteiger partial charge in [0.1, 0.15) is 0 Å². The molecule has 0 fully saturated rings. The highest BCUT2D eigenvalue weighted by molar-refractivity contribution is 14.1. The minimum Gasteiger partial charge on any atom is -0.392 e. The fourth-order valence-corrected chi connectivity index (χ4v) is 1.56.